The summed E-state index contributed by atoms with van der Waals surface area (Å²) >= 11 is 0. The van der Waals surface area contributed by atoms with Crippen LogP contribution in [0.5, 0.6) is 0 Å². The molecular weight excluding hydrogens is 400 g/mol. The van der Waals surface area contributed by atoms with Crippen LogP contribution in [-0.4, -0.2) is 24.1 Å². The maximum absolute atomic E-state index is 13.4. The molecule has 10 atom stereocenters. The monoisotopic (exact) mass is 442 g/mol. The minimum Gasteiger partial charge on any atom is -0.462 e. The largest absolute Gasteiger partial charge is 0.462 e. The quantitative estimate of drug-likeness (QED) is 0.428. The Balaban J connectivity index is 1.39. The Labute approximate surface area is 193 Å². The van der Waals surface area contributed by atoms with Crippen molar-refractivity contribution >= 4 is 11.9 Å². The van der Waals surface area contributed by atoms with Gasteiger partial charge in [-0.15, -0.1) is 0 Å². The molecule has 6 aliphatic rings. The van der Waals surface area contributed by atoms with E-state index in [4.69, 9.17) is 9.47 Å². The van der Waals surface area contributed by atoms with Crippen LogP contribution in [-0.2, 0) is 19.1 Å². The predicted octanol–water partition coefficient (Wildman–Crippen LogP) is 6.06. The Kier molecular flexibility index (Phi) is 6.00. The first-order valence-electron chi connectivity index (χ1n) is 14.1. The molecule has 5 saturated carbocycles. The van der Waals surface area contributed by atoms with Gasteiger partial charge in [0.1, 0.15) is 12.2 Å². The van der Waals surface area contributed by atoms with Gasteiger partial charge in [-0.25, -0.2) is 0 Å². The minimum atomic E-state index is -0.274. The van der Waals surface area contributed by atoms with Crippen molar-refractivity contribution in [1.82, 2.24) is 0 Å². The van der Waals surface area contributed by atoms with E-state index in [0.717, 1.165) is 50.4 Å². The Morgan fingerprint density at radius 2 is 0.875 bits per heavy atom. The van der Waals surface area contributed by atoms with Crippen LogP contribution in [0.4, 0.5) is 0 Å². The van der Waals surface area contributed by atoms with E-state index >= 15 is 0 Å². The molecule has 1 saturated heterocycles. The minimum absolute atomic E-state index is 0.0504. The number of fused-ring (bicyclic) bond motifs is 8. The highest BCUT2D eigenvalue weighted by molar-refractivity contribution is 5.82. The molecule has 0 radical (unpaired) electrons. The van der Waals surface area contributed by atoms with Crippen LogP contribution >= 0.6 is 0 Å². The predicted molar refractivity (Wildman–Crippen MR) is 122 cm³/mol. The molecule has 0 aromatic carbocycles. The summed E-state index contributed by atoms with van der Waals surface area (Å²) in [6, 6.07) is 0. The van der Waals surface area contributed by atoms with Gasteiger partial charge in [0.2, 0.25) is 0 Å². The molecule has 1 aliphatic heterocycles. The van der Waals surface area contributed by atoms with E-state index in [1.165, 1.54) is 64.2 Å². The third-order valence-corrected chi connectivity index (χ3v) is 10.8. The zero-order chi connectivity index (χ0) is 21.7. The lowest BCUT2D eigenvalue weighted by molar-refractivity contribution is -0.198. The van der Waals surface area contributed by atoms with Crippen LogP contribution in [0.2, 0.25) is 0 Å². The first-order chi connectivity index (χ1) is 15.7. The van der Waals surface area contributed by atoms with E-state index < -0.39 is 0 Å². The highest BCUT2D eigenvalue weighted by Gasteiger charge is 2.55. The van der Waals surface area contributed by atoms with Crippen molar-refractivity contribution in [2.45, 2.75) is 115 Å². The fourth-order valence-electron chi connectivity index (χ4n) is 9.41. The van der Waals surface area contributed by atoms with Crippen molar-refractivity contribution < 1.29 is 19.1 Å². The number of hydrogen-bond acceptors (Lipinski definition) is 4. The van der Waals surface area contributed by atoms with Crippen molar-refractivity contribution in [2.75, 3.05) is 0 Å². The number of esters is 2. The molecule has 4 heteroatoms. The molecule has 178 valence electrons. The molecule has 0 spiro atoms. The van der Waals surface area contributed by atoms with E-state index in [-0.39, 0.29) is 36.0 Å². The second-order valence-corrected chi connectivity index (χ2v) is 12.2. The van der Waals surface area contributed by atoms with Crippen LogP contribution in [0.3, 0.4) is 0 Å². The summed E-state index contributed by atoms with van der Waals surface area (Å²) in [7, 11) is 0. The molecule has 0 aromatic heterocycles. The van der Waals surface area contributed by atoms with Crippen molar-refractivity contribution in [1.29, 1.82) is 0 Å². The highest BCUT2D eigenvalue weighted by Crippen LogP contribution is 2.56. The average molecular weight is 443 g/mol. The van der Waals surface area contributed by atoms with E-state index in [2.05, 4.69) is 0 Å². The number of hydrogen-bond donors (Lipinski definition) is 0. The van der Waals surface area contributed by atoms with Crippen LogP contribution in [0, 0.1) is 47.3 Å². The second kappa shape index (κ2) is 8.95. The second-order valence-electron chi connectivity index (χ2n) is 12.2. The molecule has 10 unspecified atom stereocenters. The first kappa shape index (κ1) is 21.5. The van der Waals surface area contributed by atoms with Gasteiger partial charge in [0.25, 0.3) is 0 Å². The smallest absolute Gasteiger partial charge is 0.310 e. The summed E-state index contributed by atoms with van der Waals surface area (Å²) in [6.07, 6.45) is 18.8. The summed E-state index contributed by atoms with van der Waals surface area (Å²) in [5.41, 5.74) is 0. The average Bonchev–Trinajstić information content (AvgIpc) is 2.84. The Morgan fingerprint density at radius 1 is 0.469 bits per heavy atom. The topological polar surface area (TPSA) is 52.6 Å². The Morgan fingerprint density at radius 3 is 1.34 bits per heavy atom. The number of ether oxygens (including phenoxy) is 2. The molecule has 0 aromatic rings. The zero-order valence-electron chi connectivity index (χ0n) is 19.7. The standard InChI is InChI=1S/C28H42O4/c29-27-21-11-5-6-12-22(21)28(30)32-24-16-14-18-8-2-4-10-20(18)26(24)25-19-9-3-1-7-17(19)13-15-23(25)31-27/h17-26H,1-16H2. The number of carbonyl (C=O) groups is 2. The summed E-state index contributed by atoms with van der Waals surface area (Å²) in [5.74, 6) is 2.99. The molecule has 5 aliphatic carbocycles. The molecule has 0 N–H and O–H groups in total. The van der Waals surface area contributed by atoms with Crippen LogP contribution < -0.4 is 0 Å². The van der Waals surface area contributed by atoms with Gasteiger partial charge in [-0.2, -0.15) is 0 Å². The number of carbonyl (C=O) groups excluding carboxylic acids is 2. The normalized spacial score (nSPS) is 49.1. The Hall–Kier alpha value is -1.06. The maximum atomic E-state index is 13.4. The third-order valence-electron chi connectivity index (χ3n) is 10.8. The SMILES string of the molecule is O=C1OC2CCC3CCCCC3C2C2C(CCC3CCCCC32)OC(=O)C2CCCCC12. The van der Waals surface area contributed by atoms with Crippen LogP contribution in [0.1, 0.15) is 103 Å². The lowest BCUT2D eigenvalue weighted by Crippen LogP contribution is -2.56. The van der Waals surface area contributed by atoms with Crippen molar-refractivity contribution in [2.24, 2.45) is 47.3 Å². The van der Waals surface area contributed by atoms with Crippen molar-refractivity contribution in [3.05, 3.63) is 0 Å². The van der Waals surface area contributed by atoms with Crippen molar-refractivity contribution in [3.8, 4) is 0 Å². The van der Waals surface area contributed by atoms with E-state index in [1.807, 2.05) is 0 Å². The molecular formula is C28H42O4. The van der Waals surface area contributed by atoms with Crippen molar-refractivity contribution in [3.63, 3.8) is 0 Å². The molecule has 32 heavy (non-hydrogen) atoms. The van der Waals surface area contributed by atoms with Gasteiger partial charge in [0.05, 0.1) is 11.8 Å². The summed E-state index contributed by atoms with van der Waals surface area (Å²) in [6.45, 7) is 0. The molecule has 0 bridgehead atoms. The van der Waals surface area contributed by atoms with Gasteiger partial charge in [-0.05, 0) is 75.0 Å². The molecule has 0 amide bonds. The van der Waals surface area contributed by atoms with E-state index in [1.54, 1.807) is 0 Å². The summed E-state index contributed by atoms with van der Waals surface area (Å²) in [4.78, 5) is 26.9. The lowest BCUT2D eigenvalue weighted by atomic mass is 9.53. The first-order valence-corrected chi connectivity index (χ1v) is 14.1. The van der Waals surface area contributed by atoms with E-state index in [9.17, 15) is 9.59 Å². The molecule has 4 nitrogen and oxygen atoms in total. The van der Waals surface area contributed by atoms with Gasteiger partial charge in [-0.1, -0.05) is 51.4 Å². The van der Waals surface area contributed by atoms with Gasteiger partial charge in [0.15, 0.2) is 0 Å². The van der Waals surface area contributed by atoms with Crippen LogP contribution in [0.25, 0.3) is 0 Å². The lowest BCUT2D eigenvalue weighted by Gasteiger charge is -2.55. The third kappa shape index (κ3) is 3.72. The zero-order valence-corrected chi connectivity index (χ0v) is 19.7. The van der Waals surface area contributed by atoms with Crippen LogP contribution in [0.15, 0.2) is 0 Å². The van der Waals surface area contributed by atoms with Gasteiger partial charge in [0, 0.05) is 11.8 Å². The fraction of sp³-hybridized carbons (Fsp3) is 0.929. The fourth-order valence-corrected chi connectivity index (χ4v) is 9.41. The summed E-state index contributed by atoms with van der Waals surface area (Å²) in [5, 5.41) is 0. The van der Waals surface area contributed by atoms with Gasteiger partial charge >= 0.3 is 11.9 Å². The summed E-state index contributed by atoms with van der Waals surface area (Å²) < 4.78 is 13.0. The Bertz CT molecular complexity index is 658. The number of rotatable bonds is 0. The van der Waals surface area contributed by atoms with Gasteiger partial charge < -0.3 is 9.47 Å². The van der Waals surface area contributed by atoms with E-state index in [0.29, 0.717) is 23.7 Å². The van der Waals surface area contributed by atoms with Gasteiger partial charge in [-0.3, -0.25) is 9.59 Å². The molecule has 6 rings (SSSR count). The molecule has 1 heterocycles. The molecule has 6 fully saturated rings. The highest BCUT2D eigenvalue weighted by atomic mass is 16.6. The maximum Gasteiger partial charge on any atom is 0.310 e.